The summed E-state index contributed by atoms with van der Waals surface area (Å²) >= 11 is 0. The Kier molecular flexibility index (Phi) is 3.11. The second-order valence-electron chi connectivity index (χ2n) is 5.12. The number of para-hydroxylation sites is 1. The van der Waals surface area contributed by atoms with Crippen LogP contribution in [0, 0.1) is 0 Å². The Bertz CT molecular complexity index is 486. The summed E-state index contributed by atoms with van der Waals surface area (Å²) in [4.78, 5) is 23.5. The molecule has 19 heavy (non-hydrogen) atoms. The Hall–Kier alpha value is -2.04. The summed E-state index contributed by atoms with van der Waals surface area (Å²) in [7, 11) is 0. The standard InChI is InChI=1S/C14H17N3O2/c18-13(16-10-5-6-10)8-15-14(19)12-7-9-3-1-2-4-11(9)17-12/h1-4,10,12,17H,5-8H2,(H,15,19)(H,16,18)/t12-/m0/s1. The van der Waals surface area contributed by atoms with Crippen molar-refractivity contribution in [2.24, 2.45) is 0 Å². The minimum absolute atomic E-state index is 0.0594. The average molecular weight is 259 g/mol. The molecule has 5 heteroatoms. The van der Waals surface area contributed by atoms with E-state index in [1.54, 1.807) is 0 Å². The molecular weight excluding hydrogens is 242 g/mol. The zero-order valence-corrected chi connectivity index (χ0v) is 10.6. The molecule has 1 fully saturated rings. The highest BCUT2D eigenvalue weighted by Gasteiger charge is 2.27. The van der Waals surface area contributed by atoms with Crippen LogP contribution in [0.25, 0.3) is 0 Å². The van der Waals surface area contributed by atoms with Crippen LogP contribution in [0.3, 0.4) is 0 Å². The lowest BCUT2D eigenvalue weighted by atomic mass is 10.1. The van der Waals surface area contributed by atoms with E-state index in [0.717, 1.165) is 24.1 Å². The van der Waals surface area contributed by atoms with Crippen molar-refractivity contribution in [2.45, 2.75) is 31.3 Å². The van der Waals surface area contributed by atoms with Crippen molar-refractivity contribution >= 4 is 17.5 Å². The van der Waals surface area contributed by atoms with E-state index in [2.05, 4.69) is 16.0 Å². The van der Waals surface area contributed by atoms with Gasteiger partial charge in [0.25, 0.3) is 0 Å². The summed E-state index contributed by atoms with van der Waals surface area (Å²) in [6.45, 7) is 0.0594. The van der Waals surface area contributed by atoms with Crippen molar-refractivity contribution in [3.05, 3.63) is 29.8 Å². The van der Waals surface area contributed by atoms with Crippen LogP contribution in [0.4, 0.5) is 5.69 Å². The second kappa shape index (κ2) is 4.91. The van der Waals surface area contributed by atoms with Crippen molar-refractivity contribution in [2.75, 3.05) is 11.9 Å². The van der Waals surface area contributed by atoms with Crippen LogP contribution in [0.15, 0.2) is 24.3 Å². The van der Waals surface area contributed by atoms with Crippen molar-refractivity contribution < 1.29 is 9.59 Å². The van der Waals surface area contributed by atoms with E-state index in [1.165, 1.54) is 0 Å². The SMILES string of the molecule is O=C(CNC(=O)[C@@H]1Cc2ccccc2N1)NC1CC1. The molecule has 5 nitrogen and oxygen atoms in total. The fourth-order valence-electron chi connectivity index (χ4n) is 2.25. The third-order valence-corrected chi connectivity index (χ3v) is 3.45. The van der Waals surface area contributed by atoms with E-state index in [4.69, 9.17) is 0 Å². The number of fused-ring (bicyclic) bond motifs is 1. The third-order valence-electron chi connectivity index (χ3n) is 3.45. The van der Waals surface area contributed by atoms with E-state index < -0.39 is 0 Å². The molecule has 1 aliphatic heterocycles. The van der Waals surface area contributed by atoms with Crippen LogP contribution in [0.1, 0.15) is 18.4 Å². The van der Waals surface area contributed by atoms with Gasteiger partial charge in [-0.25, -0.2) is 0 Å². The molecule has 1 heterocycles. The molecule has 3 N–H and O–H groups in total. The predicted molar refractivity (Wildman–Crippen MR) is 71.7 cm³/mol. The number of rotatable bonds is 4. The molecule has 0 radical (unpaired) electrons. The molecule has 1 aliphatic carbocycles. The van der Waals surface area contributed by atoms with E-state index in [-0.39, 0.29) is 24.4 Å². The summed E-state index contributed by atoms with van der Waals surface area (Å²) < 4.78 is 0. The lowest BCUT2D eigenvalue weighted by Gasteiger charge is -2.11. The Morgan fingerprint density at radius 1 is 1.26 bits per heavy atom. The van der Waals surface area contributed by atoms with Crippen molar-refractivity contribution in [3.63, 3.8) is 0 Å². The first-order chi connectivity index (χ1) is 9.22. The third kappa shape index (κ3) is 2.86. The smallest absolute Gasteiger partial charge is 0.243 e. The maximum atomic E-state index is 12.0. The summed E-state index contributed by atoms with van der Waals surface area (Å²) in [5.41, 5.74) is 2.15. The number of carbonyl (C=O) groups excluding carboxylic acids is 2. The molecule has 0 spiro atoms. The van der Waals surface area contributed by atoms with Gasteiger partial charge in [0.1, 0.15) is 6.04 Å². The van der Waals surface area contributed by atoms with Gasteiger partial charge in [-0.3, -0.25) is 9.59 Å². The van der Waals surface area contributed by atoms with Crippen LogP contribution < -0.4 is 16.0 Å². The van der Waals surface area contributed by atoms with Gasteiger partial charge >= 0.3 is 0 Å². The fourth-order valence-corrected chi connectivity index (χ4v) is 2.25. The largest absolute Gasteiger partial charge is 0.373 e. The van der Waals surface area contributed by atoms with Gasteiger partial charge in [-0.15, -0.1) is 0 Å². The number of carbonyl (C=O) groups is 2. The van der Waals surface area contributed by atoms with Gasteiger partial charge in [0.05, 0.1) is 6.54 Å². The van der Waals surface area contributed by atoms with Gasteiger partial charge in [0.2, 0.25) is 11.8 Å². The molecule has 2 amide bonds. The number of nitrogens with one attached hydrogen (secondary N) is 3. The number of anilines is 1. The molecule has 0 bridgehead atoms. The highest BCUT2D eigenvalue weighted by molar-refractivity contribution is 5.90. The molecule has 1 saturated carbocycles. The lowest BCUT2D eigenvalue weighted by molar-refractivity contribution is -0.126. The Morgan fingerprint density at radius 3 is 2.79 bits per heavy atom. The normalized spacial score (nSPS) is 20.3. The van der Waals surface area contributed by atoms with Gasteiger partial charge in [-0.2, -0.15) is 0 Å². The minimum Gasteiger partial charge on any atom is -0.373 e. The summed E-state index contributed by atoms with van der Waals surface area (Å²) in [5, 5.41) is 8.69. The summed E-state index contributed by atoms with van der Waals surface area (Å²) in [5.74, 6) is -0.228. The summed E-state index contributed by atoms with van der Waals surface area (Å²) in [6.07, 6.45) is 2.78. The average Bonchev–Trinajstić information content (AvgIpc) is 3.10. The number of hydrogen-bond acceptors (Lipinski definition) is 3. The van der Waals surface area contributed by atoms with E-state index >= 15 is 0 Å². The lowest BCUT2D eigenvalue weighted by Crippen LogP contribution is -2.44. The summed E-state index contributed by atoms with van der Waals surface area (Å²) in [6, 6.07) is 7.93. The quantitative estimate of drug-likeness (QED) is 0.734. The molecule has 1 aromatic carbocycles. The van der Waals surface area contributed by atoms with Gasteiger partial charge < -0.3 is 16.0 Å². The molecule has 2 aliphatic rings. The molecule has 0 unspecified atom stereocenters. The zero-order chi connectivity index (χ0) is 13.2. The minimum atomic E-state index is -0.272. The zero-order valence-electron chi connectivity index (χ0n) is 10.6. The van der Waals surface area contributed by atoms with Gasteiger partial charge in [0, 0.05) is 18.2 Å². The van der Waals surface area contributed by atoms with E-state index in [1.807, 2.05) is 24.3 Å². The molecule has 0 saturated heterocycles. The van der Waals surface area contributed by atoms with E-state index in [9.17, 15) is 9.59 Å². The van der Waals surface area contributed by atoms with Crippen molar-refractivity contribution in [1.82, 2.24) is 10.6 Å². The van der Waals surface area contributed by atoms with Gasteiger partial charge in [-0.05, 0) is 24.5 Å². The van der Waals surface area contributed by atoms with Crippen LogP contribution in [-0.4, -0.2) is 30.4 Å². The second-order valence-corrected chi connectivity index (χ2v) is 5.12. The maximum absolute atomic E-state index is 12.0. The van der Waals surface area contributed by atoms with Crippen molar-refractivity contribution in [1.29, 1.82) is 0 Å². The topological polar surface area (TPSA) is 70.2 Å². The molecule has 100 valence electrons. The van der Waals surface area contributed by atoms with Crippen LogP contribution in [-0.2, 0) is 16.0 Å². The molecule has 0 aromatic heterocycles. The molecule has 1 aromatic rings. The molecule has 3 rings (SSSR count). The Labute approximate surface area is 111 Å². The first kappa shape index (κ1) is 12.0. The predicted octanol–water partition coefficient (Wildman–Crippen LogP) is 0.418. The maximum Gasteiger partial charge on any atom is 0.243 e. The van der Waals surface area contributed by atoms with Crippen molar-refractivity contribution in [3.8, 4) is 0 Å². The van der Waals surface area contributed by atoms with E-state index in [0.29, 0.717) is 12.5 Å². The first-order valence-corrected chi connectivity index (χ1v) is 6.64. The monoisotopic (exact) mass is 259 g/mol. The highest BCUT2D eigenvalue weighted by atomic mass is 16.2. The number of benzene rings is 1. The Balaban J connectivity index is 1.48. The van der Waals surface area contributed by atoms with Gasteiger partial charge in [-0.1, -0.05) is 18.2 Å². The Morgan fingerprint density at radius 2 is 2.05 bits per heavy atom. The van der Waals surface area contributed by atoms with Crippen LogP contribution in [0.2, 0.25) is 0 Å². The molecule has 1 atom stereocenters. The van der Waals surface area contributed by atoms with Crippen LogP contribution in [0.5, 0.6) is 0 Å². The van der Waals surface area contributed by atoms with Crippen LogP contribution >= 0.6 is 0 Å². The first-order valence-electron chi connectivity index (χ1n) is 6.64. The molecular formula is C14H17N3O2. The number of amides is 2. The highest BCUT2D eigenvalue weighted by Crippen LogP contribution is 2.25. The fraction of sp³-hybridized carbons (Fsp3) is 0.429. The van der Waals surface area contributed by atoms with Gasteiger partial charge in [0.15, 0.2) is 0 Å². The number of hydrogen-bond donors (Lipinski definition) is 3.